The van der Waals surface area contributed by atoms with Gasteiger partial charge in [-0.25, -0.2) is 9.19 Å². The maximum absolute atomic E-state index is 10.7. The molecule has 0 bridgehead atoms. The first-order valence-corrected chi connectivity index (χ1v) is 5.64. The fourth-order valence-corrected chi connectivity index (χ4v) is 2.62. The molecule has 2 aromatic heterocycles. The van der Waals surface area contributed by atoms with Gasteiger partial charge in [-0.1, -0.05) is 11.6 Å². The van der Waals surface area contributed by atoms with Crippen LogP contribution < -0.4 is 0 Å². The Morgan fingerprint density at radius 1 is 1.54 bits per heavy atom. The molecule has 3 nitrogen and oxygen atoms in total. The van der Waals surface area contributed by atoms with Crippen molar-refractivity contribution in [1.82, 2.24) is 4.98 Å². The van der Waals surface area contributed by atoms with Crippen molar-refractivity contribution in [2.75, 3.05) is 0 Å². The summed E-state index contributed by atoms with van der Waals surface area (Å²) in [5.41, 5.74) is 0.662. The molecule has 0 fully saturated rings. The van der Waals surface area contributed by atoms with Crippen molar-refractivity contribution in [2.45, 2.75) is 4.21 Å². The zero-order valence-corrected chi connectivity index (χ0v) is 8.62. The maximum Gasteiger partial charge on any atom is 0.196 e. The van der Waals surface area contributed by atoms with Crippen molar-refractivity contribution in [2.24, 2.45) is 0 Å². The third-order valence-electron chi connectivity index (χ3n) is 1.49. The first-order chi connectivity index (χ1) is 6.16. The molecule has 0 saturated carbocycles. The Balaban J connectivity index is 2.68. The van der Waals surface area contributed by atoms with E-state index in [0.717, 1.165) is 4.70 Å². The fraction of sp³-hybridized carbons (Fsp3) is 0. The highest BCUT2D eigenvalue weighted by molar-refractivity contribution is 7.82. The lowest BCUT2D eigenvalue weighted by molar-refractivity contribution is 0.566. The summed E-state index contributed by atoms with van der Waals surface area (Å²) in [6.45, 7) is 0. The van der Waals surface area contributed by atoms with E-state index in [2.05, 4.69) is 4.98 Å². The van der Waals surface area contributed by atoms with Crippen LogP contribution in [0.2, 0.25) is 5.15 Å². The number of hydrogen-bond acceptors (Lipinski definition) is 3. The third-order valence-corrected chi connectivity index (χ3v) is 3.72. The molecular weight excluding hydrogens is 230 g/mol. The highest BCUT2D eigenvalue weighted by Gasteiger charge is 2.07. The van der Waals surface area contributed by atoms with E-state index in [0.29, 0.717) is 14.9 Å². The number of pyridine rings is 1. The van der Waals surface area contributed by atoms with Crippen LogP contribution in [0.25, 0.3) is 10.2 Å². The minimum atomic E-state index is -1.93. The van der Waals surface area contributed by atoms with Crippen molar-refractivity contribution < 1.29 is 8.76 Å². The van der Waals surface area contributed by atoms with Gasteiger partial charge in [0, 0.05) is 0 Å². The van der Waals surface area contributed by atoms with Crippen LogP contribution in [0.3, 0.4) is 0 Å². The van der Waals surface area contributed by atoms with Crippen LogP contribution >= 0.6 is 22.9 Å². The molecule has 0 saturated heterocycles. The molecule has 1 N–H and O–H groups in total. The summed E-state index contributed by atoms with van der Waals surface area (Å²) in [6, 6.07) is 5.01. The lowest BCUT2D eigenvalue weighted by Crippen LogP contribution is -1.80. The summed E-state index contributed by atoms with van der Waals surface area (Å²) in [6.07, 6.45) is 0. The summed E-state index contributed by atoms with van der Waals surface area (Å²) in [5.74, 6) is 0. The molecule has 0 aliphatic heterocycles. The summed E-state index contributed by atoms with van der Waals surface area (Å²) in [4.78, 5) is 4.01. The highest BCUT2D eigenvalue weighted by atomic mass is 35.5. The predicted octanol–water partition coefficient (Wildman–Crippen LogP) is 2.53. The van der Waals surface area contributed by atoms with Gasteiger partial charge in [-0.3, -0.25) is 0 Å². The summed E-state index contributed by atoms with van der Waals surface area (Å²) in [7, 11) is 0. The normalized spacial score (nSPS) is 13.4. The Hall–Kier alpha value is -0.490. The van der Waals surface area contributed by atoms with E-state index in [4.69, 9.17) is 16.2 Å². The van der Waals surface area contributed by atoms with Crippen molar-refractivity contribution in [3.63, 3.8) is 0 Å². The van der Waals surface area contributed by atoms with Crippen LogP contribution in [0, 0.1) is 0 Å². The van der Waals surface area contributed by atoms with Crippen LogP contribution in [0.15, 0.2) is 22.4 Å². The molecule has 2 aromatic rings. The molecule has 13 heavy (non-hydrogen) atoms. The summed E-state index contributed by atoms with van der Waals surface area (Å²) < 4.78 is 20.8. The molecule has 68 valence electrons. The lowest BCUT2D eigenvalue weighted by Gasteiger charge is -1.87. The Bertz CT molecular complexity index is 482. The van der Waals surface area contributed by atoms with Gasteiger partial charge >= 0.3 is 0 Å². The first kappa shape index (κ1) is 9.08. The van der Waals surface area contributed by atoms with Gasteiger partial charge in [-0.15, -0.1) is 11.3 Å². The average molecular weight is 234 g/mol. The van der Waals surface area contributed by atoms with Gasteiger partial charge in [0.2, 0.25) is 0 Å². The zero-order chi connectivity index (χ0) is 9.42. The topological polar surface area (TPSA) is 50.2 Å². The van der Waals surface area contributed by atoms with Crippen LogP contribution in [0.1, 0.15) is 0 Å². The minimum absolute atomic E-state index is 0.389. The molecule has 0 amide bonds. The Kier molecular flexibility index (Phi) is 2.33. The molecule has 0 aromatic carbocycles. The zero-order valence-electron chi connectivity index (χ0n) is 6.23. The maximum atomic E-state index is 10.7. The van der Waals surface area contributed by atoms with Gasteiger partial charge in [-0.2, -0.15) is 0 Å². The number of aromatic nitrogens is 1. The average Bonchev–Trinajstić information content (AvgIpc) is 2.46. The van der Waals surface area contributed by atoms with Gasteiger partial charge in [0.15, 0.2) is 11.1 Å². The molecule has 1 atom stereocenters. The minimum Gasteiger partial charge on any atom is -0.302 e. The van der Waals surface area contributed by atoms with Crippen LogP contribution in [-0.2, 0) is 11.1 Å². The van der Waals surface area contributed by atoms with E-state index in [-0.39, 0.29) is 0 Å². The molecule has 0 spiro atoms. The molecule has 0 radical (unpaired) electrons. The second-order valence-electron chi connectivity index (χ2n) is 2.33. The second-order valence-corrected chi connectivity index (χ2v) is 5.00. The summed E-state index contributed by atoms with van der Waals surface area (Å²) >= 11 is 4.97. The number of nitrogens with zero attached hydrogens (tertiary/aromatic N) is 1. The van der Waals surface area contributed by atoms with Crippen LogP contribution in [0.5, 0.6) is 0 Å². The highest BCUT2D eigenvalue weighted by Crippen LogP contribution is 2.27. The van der Waals surface area contributed by atoms with Gasteiger partial charge < -0.3 is 4.55 Å². The smallest absolute Gasteiger partial charge is 0.196 e. The van der Waals surface area contributed by atoms with Crippen molar-refractivity contribution in [3.8, 4) is 0 Å². The Morgan fingerprint density at radius 3 is 3.00 bits per heavy atom. The van der Waals surface area contributed by atoms with Crippen molar-refractivity contribution in [3.05, 3.63) is 23.4 Å². The largest absolute Gasteiger partial charge is 0.302 e. The molecule has 6 heteroatoms. The molecule has 0 aliphatic carbocycles. The number of rotatable bonds is 1. The van der Waals surface area contributed by atoms with E-state index >= 15 is 0 Å². The van der Waals surface area contributed by atoms with Gasteiger partial charge in [0.25, 0.3) is 0 Å². The number of halogens is 1. The van der Waals surface area contributed by atoms with Gasteiger partial charge in [-0.05, 0) is 18.2 Å². The third kappa shape index (κ3) is 1.73. The number of fused-ring (bicyclic) bond motifs is 1. The van der Waals surface area contributed by atoms with Crippen LogP contribution in [0.4, 0.5) is 0 Å². The standard InChI is InChI=1S/C7H4ClNO2S2/c8-6-2-1-5-4(9-6)3-7(12-5)13(10)11/h1-3H,(H,10,11). The SMILES string of the molecule is O=S(O)c1cc2nc(Cl)ccc2s1. The molecular formula is C7H4ClNO2S2. The monoisotopic (exact) mass is 233 g/mol. The Labute approximate surface area is 85.7 Å². The first-order valence-electron chi connectivity index (χ1n) is 3.34. The van der Waals surface area contributed by atoms with Crippen LogP contribution in [-0.4, -0.2) is 13.7 Å². The quantitative estimate of drug-likeness (QED) is 0.608. The molecule has 2 rings (SSSR count). The van der Waals surface area contributed by atoms with Crippen molar-refractivity contribution >= 4 is 44.2 Å². The van der Waals surface area contributed by atoms with Gasteiger partial charge in [0.1, 0.15) is 9.36 Å². The number of thiophene rings is 1. The number of hydrogen-bond donors (Lipinski definition) is 1. The van der Waals surface area contributed by atoms with Gasteiger partial charge in [0.05, 0.1) is 10.2 Å². The predicted molar refractivity (Wildman–Crippen MR) is 53.7 cm³/mol. The summed E-state index contributed by atoms with van der Waals surface area (Å²) in [5, 5.41) is 0.389. The van der Waals surface area contributed by atoms with E-state index in [9.17, 15) is 4.21 Å². The van der Waals surface area contributed by atoms with E-state index in [1.165, 1.54) is 11.3 Å². The molecule has 2 heterocycles. The van der Waals surface area contributed by atoms with E-state index in [1.54, 1.807) is 18.2 Å². The molecule has 0 aliphatic rings. The fourth-order valence-electron chi connectivity index (χ4n) is 0.962. The van der Waals surface area contributed by atoms with E-state index in [1.807, 2.05) is 0 Å². The second kappa shape index (κ2) is 3.34. The Morgan fingerprint density at radius 2 is 2.31 bits per heavy atom. The van der Waals surface area contributed by atoms with Crippen molar-refractivity contribution in [1.29, 1.82) is 0 Å². The molecule has 1 unspecified atom stereocenters. The van der Waals surface area contributed by atoms with E-state index < -0.39 is 11.1 Å². The lowest BCUT2D eigenvalue weighted by atomic mass is 10.4.